The molecule has 0 saturated carbocycles. The Morgan fingerprint density at radius 2 is 2.14 bits per heavy atom. The van der Waals surface area contributed by atoms with Crippen molar-refractivity contribution in [3.63, 3.8) is 0 Å². The van der Waals surface area contributed by atoms with Gasteiger partial charge in [0, 0.05) is 6.07 Å². The summed E-state index contributed by atoms with van der Waals surface area (Å²) in [6, 6.07) is 0.755. The van der Waals surface area contributed by atoms with E-state index in [1.54, 1.807) is 0 Å². The van der Waals surface area contributed by atoms with E-state index in [1.165, 1.54) is 0 Å². The SMILES string of the molecule is NS(=O)(=O)c1cc([N+](=O)[O-])cnc1Cl. The minimum Gasteiger partial charge on any atom is -0.258 e. The Labute approximate surface area is 83.7 Å². The van der Waals surface area contributed by atoms with Gasteiger partial charge in [0.15, 0.2) is 0 Å². The van der Waals surface area contributed by atoms with Crippen LogP contribution in [0.1, 0.15) is 0 Å². The number of sulfonamides is 1. The van der Waals surface area contributed by atoms with Gasteiger partial charge in [-0.2, -0.15) is 0 Å². The van der Waals surface area contributed by atoms with E-state index in [9.17, 15) is 18.5 Å². The van der Waals surface area contributed by atoms with E-state index in [0.29, 0.717) is 0 Å². The van der Waals surface area contributed by atoms with Gasteiger partial charge in [0.25, 0.3) is 5.69 Å². The third-order valence-electron chi connectivity index (χ3n) is 1.31. The van der Waals surface area contributed by atoms with Gasteiger partial charge in [-0.05, 0) is 0 Å². The zero-order chi connectivity index (χ0) is 10.9. The van der Waals surface area contributed by atoms with E-state index < -0.39 is 30.7 Å². The lowest BCUT2D eigenvalue weighted by atomic mass is 10.4. The van der Waals surface area contributed by atoms with E-state index in [4.69, 9.17) is 16.7 Å². The Hall–Kier alpha value is -1.25. The fraction of sp³-hybridized carbons (Fsp3) is 0. The van der Waals surface area contributed by atoms with Gasteiger partial charge < -0.3 is 0 Å². The Kier molecular flexibility index (Phi) is 2.69. The standard InChI is InChI=1S/C5H4ClN3O4S/c6-5-4(14(7,12)13)1-3(2-8-5)9(10)11/h1-2H,(H2,7,12,13). The predicted molar refractivity (Wildman–Crippen MR) is 47.3 cm³/mol. The second-order valence-corrected chi connectivity index (χ2v) is 4.17. The molecule has 76 valence electrons. The number of nitro groups is 1. The molecule has 1 aromatic rings. The first kappa shape index (κ1) is 10.8. The van der Waals surface area contributed by atoms with Crippen LogP contribution in [0.4, 0.5) is 5.69 Å². The molecule has 0 spiro atoms. The summed E-state index contributed by atoms with van der Waals surface area (Å²) in [7, 11) is -4.09. The molecule has 0 amide bonds. The molecule has 2 N–H and O–H groups in total. The molecular weight excluding hydrogens is 234 g/mol. The van der Waals surface area contributed by atoms with E-state index in [1.807, 2.05) is 0 Å². The Bertz CT molecular complexity index is 486. The van der Waals surface area contributed by atoms with Gasteiger partial charge in [0.1, 0.15) is 16.2 Å². The number of pyridine rings is 1. The molecule has 0 aliphatic rings. The first-order chi connectivity index (χ1) is 6.32. The Morgan fingerprint density at radius 1 is 1.57 bits per heavy atom. The van der Waals surface area contributed by atoms with Crippen molar-refractivity contribution in [2.75, 3.05) is 0 Å². The maximum atomic E-state index is 10.9. The molecule has 1 aromatic heterocycles. The monoisotopic (exact) mass is 237 g/mol. The lowest BCUT2D eigenvalue weighted by molar-refractivity contribution is -0.385. The van der Waals surface area contributed by atoms with Crippen LogP contribution >= 0.6 is 11.6 Å². The fourth-order valence-electron chi connectivity index (χ4n) is 0.717. The number of hydrogen-bond donors (Lipinski definition) is 1. The molecule has 14 heavy (non-hydrogen) atoms. The molecule has 7 nitrogen and oxygen atoms in total. The van der Waals surface area contributed by atoms with Crippen molar-refractivity contribution in [2.24, 2.45) is 5.14 Å². The van der Waals surface area contributed by atoms with Gasteiger partial charge in [0.05, 0.1) is 4.92 Å². The molecule has 0 atom stereocenters. The summed E-state index contributed by atoms with van der Waals surface area (Å²) >= 11 is 5.39. The smallest absolute Gasteiger partial charge is 0.258 e. The maximum Gasteiger partial charge on any atom is 0.289 e. The highest BCUT2D eigenvalue weighted by molar-refractivity contribution is 7.89. The number of nitrogens with zero attached hydrogens (tertiary/aromatic N) is 2. The number of rotatable bonds is 2. The van der Waals surface area contributed by atoms with Gasteiger partial charge >= 0.3 is 0 Å². The van der Waals surface area contributed by atoms with Crippen LogP contribution in [0.3, 0.4) is 0 Å². The summed E-state index contributed by atoms with van der Waals surface area (Å²) in [6.07, 6.45) is 0.844. The quantitative estimate of drug-likeness (QED) is 0.451. The zero-order valence-electron chi connectivity index (χ0n) is 6.55. The predicted octanol–water partition coefficient (Wildman–Crippen LogP) is 0.291. The fourth-order valence-corrected chi connectivity index (χ4v) is 1.72. The molecule has 1 heterocycles. The third-order valence-corrected chi connectivity index (χ3v) is 2.65. The van der Waals surface area contributed by atoms with Crippen LogP contribution in [-0.2, 0) is 10.0 Å². The van der Waals surface area contributed by atoms with Gasteiger partial charge in [-0.15, -0.1) is 0 Å². The Balaban J connectivity index is 3.44. The molecule has 0 aromatic carbocycles. The lowest BCUT2D eigenvalue weighted by Crippen LogP contribution is -2.13. The summed E-state index contributed by atoms with van der Waals surface area (Å²) in [5.41, 5.74) is -0.488. The molecule has 0 aliphatic heterocycles. The van der Waals surface area contributed by atoms with Gasteiger partial charge in [-0.3, -0.25) is 10.1 Å². The number of halogens is 1. The summed E-state index contributed by atoms with van der Waals surface area (Å²) in [6.45, 7) is 0. The van der Waals surface area contributed by atoms with Crippen LogP contribution in [-0.4, -0.2) is 18.3 Å². The number of aromatic nitrogens is 1. The van der Waals surface area contributed by atoms with E-state index in [0.717, 1.165) is 12.3 Å². The summed E-state index contributed by atoms with van der Waals surface area (Å²) in [5.74, 6) is 0. The van der Waals surface area contributed by atoms with Crippen molar-refractivity contribution in [3.05, 3.63) is 27.5 Å². The van der Waals surface area contributed by atoms with Crippen molar-refractivity contribution in [1.29, 1.82) is 0 Å². The molecule has 0 bridgehead atoms. The van der Waals surface area contributed by atoms with Gasteiger partial charge in [0.2, 0.25) is 10.0 Å². The maximum absolute atomic E-state index is 10.9. The number of primary sulfonamides is 1. The van der Waals surface area contributed by atoms with Crippen LogP contribution in [0.25, 0.3) is 0 Å². The van der Waals surface area contributed by atoms with Crippen LogP contribution in [0.2, 0.25) is 5.15 Å². The molecule has 9 heteroatoms. The number of nitrogens with two attached hydrogens (primary N) is 1. The highest BCUT2D eigenvalue weighted by atomic mass is 35.5. The molecule has 1 rings (SSSR count). The molecule has 0 unspecified atom stereocenters. The Morgan fingerprint density at radius 3 is 2.57 bits per heavy atom. The summed E-state index contributed by atoms with van der Waals surface area (Å²) in [5, 5.41) is 14.6. The third kappa shape index (κ3) is 2.16. The largest absolute Gasteiger partial charge is 0.289 e. The lowest BCUT2D eigenvalue weighted by Gasteiger charge is -1.99. The van der Waals surface area contributed by atoms with Crippen molar-refractivity contribution in [1.82, 2.24) is 4.98 Å². The van der Waals surface area contributed by atoms with E-state index in [2.05, 4.69) is 4.98 Å². The minimum atomic E-state index is -4.09. The molecule has 0 aliphatic carbocycles. The average Bonchev–Trinajstić information content (AvgIpc) is 2.02. The molecule has 0 saturated heterocycles. The summed E-state index contributed by atoms with van der Waals surface area (Å²) < 4.78 is 21.7. The summed E-state index contributed by atoms with van der Waals surface area (Å²) in [4.78, 5) is 12.3. The number of hydrogen-bond acceptors (Lipinski definition) is 5. The molecule has 0 radical (unpaired) electrons. The first-order valence-electron chi connectivity index (χ1n) is 3.15. The van der Waals surface area contributed by atoms with Gasteiger partial charge in [-0.25, -0.2) is 18.5 Å². The first-order valence-corrected chi connectivity index (χ1v) is 5.07. The van der Waals surface area contributed by atoms with Crippen molar-refractivity contribution >= 4 is 27.3 Å². The van der Waals surface area contributed by atoms with Crippen LogP contribution in [0, 0.1) is 10.1 Å². The second-order valence-electron chi connectivity index (χ2n) is 2.28. The normalized spacial score (nSPS) is 11.3. The van der Waals surface area contributed by atoms with Crippen LogP contribution < -0.4 is 5.14 Å². The zero-order valence-corrected chi connectivity index (χ0v) is 8.12. The van der Waals surface area contributed by atoms with Crippen molar-refractivity contribution in [3.8, 4) is 0 Å². The van der Waals surface area contributed by atoms with E-state index >= 15 is 0 Å². The second kappa shape index (κ2) is 3.48. The highest BCUT2D eigenvalue weighted by Gasteiger charge is 2.18. The molecular formula is C5H4ClN3O4S. The minimum absolute atomic E-state index is 0.391. The highest BCUT2D eigenvalue weighted by Crippen LogP contribution is 2.21. The molecule has 0 fully saturated rings. The van der Waals surface area contributed by atoms with Crippen LogP contribution in [0.15, 0.2) is 17.2 Å². The van der Waals surface area contributed by atoms with E-state index in [-0.39, 0.29) is 0 Å². The topological polar surface area (TPSA) is 116 Å². The van der Waals surface area contributed by atoms with Crippen molar-refractivity contribution in [2.45, 2.75) is 4.90 Å². The van der Waals surface area contributed by atoms with Gasteiger partial charge in [-0.1, -0.05) is 11.6 Å². The average molecular weight is 238 g/mol. The van der Waals surface area contributed by atoms with Crippen LogP contribution in [0.5, 0.6) is 0 Å². The van der Waals surface area contributed by atoms with Crippen molar-refractivity contribution < 1.29 is 13.3 Å².